The summed E-state index contributed by atoms with van der Waals surface area (Å²) >= 11 is 0. The quantitative estimate of drug-likeness (QED) is 0.860. The molecule has 0 radical (unpaired) electrons. The fourth-order valence-electron chi connectivity index (χ4n) is 2.35. The highest BCUT2D eigenvalue weighted by molar-refractivity contribution is 5.82. The molecule has 1 aromatic carbocycles. The van der Waals surface area contributed by atoms with Gasteiger partial charge in [-0.2, -0.15) is 5.06 Å². The van der Waals surface area contributed by atoms with E-state index in [2.05, 4.69) is 5.92 Å². The van der Waals surface area contributed by atoms with E-state index in [9.17, 15) is 14.7 Å². The SMILES string of the molecule is C#C[C@H]1CC[C@@H](C(=O)O)N(C)C(=O)N1OCc1ccccc1. The number of aliphatic carboxylic acids is 1. The summed E-state index contributed by atoms with van der Waals surface area (Å²) in [6, 6.07) is 7.35. The van der Waals surface area contributed by atoms with E-state index in [1.165, 1.54) is 7.05 Å². The standard InChI is InChI=1S/C16H18N2O4/c1-3-13-9-10-14(15(19)20)17(2)16(21)18(13)22-11-12-7-5-4-6-8-12/h1,4-8,13-14H,9-11H2,2H3,(H,19,20)/t13-,14-/m0/s1. The van der Waals surface area contributed by atoms with E-state index >= 15 is 0 Å². The number of nitrogens with zero attached hydrogens (tertiary/aromatic N) is 2. The van der Waals surface area contributed by atoms with Crippen molar-refractivity contribution in [3.63, 3.8) is 0 Å². The number of amides is 2. The normalized spacial score (nSPS) is 22.1. The highest BCUT2D eigenvalue weighted by Crippen LogP contribution is 2.21. The maximum absolute atomic E-state index is 12.4. The van der Waals surface area contributed by atoms with Gasteiger partial charge in [0.15, 0.2) is 0 Å². The molecule has 1 heterocycles. The van der Waals surface area contributed by atoms with Crippen molar-refractivity contribution in [2.24, 2.45) is 0 Å². The minimum Gasteiger partial charge on any atom is -0.480 e. The number of carbonyl (C=O) groups is 2. The molecule has 6 heteroatoms. The minimum atomic E-state index is -1.04. The van der Waals surface area contributed by atoms with Crippen LogP contribution in [0.3, 0.4) is 0 Å². The summed E-state index contributed by atoms with van der Waals surface area (Å²) in [5.74, 6) is 1.46. The van der Waals surface area contributed by atoms with Crippen LogP contribution in [0.5, 0.6) is 0 Å². The van der Waals surface area contributed by atoms with Crippen LogP contribution in [0.25, 0.3) is 0 Å². The Morgan fingerprint density at radius 2 is 2.09 bits per heavy atom. The van der Waals surface area contributed by atoms with Crippen LogP contribution in [0.1, 0.15) is 18.4 Å². The zero-order chi connectivity index (χ0) is 16.1. The fourth-order valence-corrected chi connectivity index (χ4v) is 2.35. The molecule has 1 aliphatic rings. The maximum Gasteiger partial charge on any atom is 0.345 e. The molecule has 116 valence electrons. The Hall–Kier alpha value is -2.52. The largest absolute Gasteiger partial charge is 0.480 e. The van der Waals surface area contributed by atoms with E-state index in [0.717, 1.165) is 15.5 Å². The van der Waals surface area contributed by atoms with Crippen molar-refractivity contribution in [3.8, 4) is 12.3 Å². The van der Waals surface area contributed by atoms with Crippen molar-refractivity contribution in [2.75, 3.05) is 7.05 Å². The molecule has 1 saturated heterocycles. The second-order valence-corrected chi connectivity index (χ2v) is 5.09. The molecule has 1 N–H and O–H groups in total. The van der Waals surface area contributed by atoms with Gasteiger partial charge < -0.3 is 10.0 Å². The lowest BCUT2D eigenvalue weighted by Crippen LogP contribution is -2.48. The lowest BCUT2D eigenvalue weighted by molar-refractivity contribution is -0.150. The monoisotopic (exact) mass is 302 g/mol. The van der Waals surface area contributed by atoms with Gasteiger partial charge in [-0.1, -0.05) is 36.3 Å². The van der Waals surface area contributed by atoms with E-state index < -0.39 is 24.1 Å². The van der Waals surface area contributed by atoms with Crippen LogP contribution >= 0.6 is 0 Å². The van der Waals surface area contributed by atoms with Crippen LogP contribution in [0.4, 0.5) is 4.79 Å². The van der Waals surface area contributed by atoms with Gasteiger partial charge in [0.1, 0.15) is 18.7 Å². The zero-order valence-electron chi connectivity index (χ0n) is 12.3. The molecule has 0 unspecified atom stereocenters. The molecule has 0 bridgehead atoms. The molecule has 0 aromatic heterocycles. The maximum atomic E-state index is 12.4. The van der Waals surface area contributed by atoms with Gasteiger partial charge in [0.05, 0.1) is 0 Å². The van der Waals surface area contributed by atoms with Crippen LogP contribution in [0, 0.1) is 12.3 Å². The third-order valence-electron chi connectivity index (χ3n) is 3.64. The van der Waals surface area contributed by atoms with Crippen molar-refractivity contribution in [1.82, 2.24) is 9.96 Å². The highest BCUT2D eigenvalue weighted by Gasteiger charge is 2.37. The average Bonchev–Trinajstić information content (AvgIpc) is 2.64. The Morgan fingerprint density at radius 3 is 2.68 bits per heavy atom. The molecular formula is C16H18N2O4. The summed E-state index contributed by atoms with van der Waals surface area (Å²) in [4.78, 5) is 30.4. The van der Waals surface area contributed by atoms with Crippen LogP contribution in [0.15, 0.2) is 30.3 Å². The molecule has 1 aliphatic heterocycles. The third-order valence-corrected chi connectivity index (χ3v) is 3.64. The van der Waals surface area contributed by atoms with E-state index in [0.29, 0.717) is 6.42 Å². The van der Waals surface area contributed by atoms with Gasteiger partial charge in [0, 0.05) is 7.05 Å². The van der Waals surface area contributed by atoms with E-state index in [4.69, 9.17) is 11.3 Å². The Bertz CT molecular complexity index is 582. The molecule has 2 amide bonds. The van der Waals surface area contributed by atoms with Gasteiger partial charge in [0.2, 0.25) is 0 Å². The zero-order valence-corrected chi connectivity index (χ0v) is 12.3. The molecule has 0 aliphatic carbocycles. The van der Waals surface area contributed by atoms with Gasteiger partial charge in [-0.05, 0) is 18.4 Å². The fraction of sp³-hybridized carbons (Fsp3) is 0.375. The first kappa shape index (κ1) is 15.9. The molecule has 22 heavy (non-hydrogen) atoms. The number of hydrogen-bond donors (Lipinski definition) is 1. The summed E-state index contributed by atoms with van der Waals surface area (Å²) in [6.07, 6.45) is 6.13. The van der Waals surface area contributed by atoms with Gasteiger partial charge in [0.25, 0.3) is 0 Å². The number of terminal acetylenes is 1. The van der Waals surface area contributed by atoms with E-state index in [1.54, 1.807) is 0 Å². The third kappa shape index (κ3) is 3.38. The number of hydrogen-bond acceptors (Lipinski definition) is 3. The van der Waals surface area contributed by atoms with Gasteiger partial charge in [-0.15, -0.1) is 6.42 Å². The number of likely N-dealkylation sites (N-methyl/N-ethyl adjacent to an activating group) is 1. The summed E-state index contributed by atoms with van der Waals surface area (Å²) in [5, 5.41) is 10.3. The van der Waals surface area contributed by atoms with Crippen molar-refractivity contribution in [2.45, 2.75) is 31.5 Å². The summed E-state index contributed by atoms with van der Waals surface area (Å²) < 4.78 is 0. The van der Waals surface area contributed by atoms with E-state index in [-0.39, 0.29) is 13.0 Å². The Balaban J connectivity index is 2.14. The predicted octanol–water partition coefficient (Wildman–Crippen LogP) is 1.72. The van der Waals surface area contributed by atoms with Gasteiger partial charge in [-0.3, -0.25) is 4.84 Å². The number of carboxylic acid groups (broad SMARTS) is 1. The Labute approximate surface area is 129 Å². The second-order valence-electron chi connectivity index (χ2n) is 5.09. The van der Waals surface area contributed by atoms with Crippen molar-refractivity contribution < 1.29 is 19.5 Å². The van der Waals surface area contributed by atoms with Crippen molar-refractivity contribution >= 4 is 12.0 Å². The van der Waals surface area contributed by atoms with Gasteiger partial charge in [-0.25, -0.2) is 9.59 Å². The molecule has 0 saturated carbocycles. The first-order chi connectivity index (χ1) is 10.5. The molecular weight excluding hydrogens is 284 g/mol. The number of rotatable bonds is 4. The van der Waals surface area contributed by atoms with E-state index in [1.807, 2.05) is 30.3 Å². The minimum absolute atomic E-state index is 0.191. The summed E-state index contributed by atoms with van der Waals surface area (Å²) in [7, 11) is 1.44. The topological polar surface area (TPSA) is 70.1 Å². The first-order valence-electron chi connectivity index (χ1n) is 6.96. The molecule has 1 fully saturated rings. The van der Waals surface area contributed by atoms with Crippen LogP contribution in [-0.4, -0.2) is 46.2 Å². The average molecular weight is 302 g/mol. The predicted molar refractivity (Wildman–Crippen MR) is 79.5 cm³/mol. The molecule has 2 atom stereocenters. The second kappa shape index (κ2) is 6.96. The highest BCUT2D eigenvalue weighted by atomic mass is 16.7. The molecule has 6 nitrogen and oxygen atoms in total. The lowest BCUT2D eigenvalue weighted by Gasteiger charge is -2.28. The van der Waals surface area contributed by atoms with Gasteiger partial charge >= 0.3 is 12.0 Å². The summed E-state index contributed by atoms with van der Waals surface area (Å²) in [6.45, 7) is 0.191. The molecule has 1 aromatic rings. The summed E-state index contributed by atoms with van der Waals surface area (Å²) in [5.41, 5.74) is 0.896. The van der Waals surface area contributed by atoms with Crippen LogP contribution in [-0.2, 0) is 16.2 Å². The number of urea groups is 1. The number of carbonyl (C=O) groups excluding carboxylic acids is 1. The van der Waals surface area contributed by atoms with Crippen LogP contribution < -0.4 is 0 Å². The number of carboxylic acids is 1. The first-order valence-corrected chi connectivity index (χ1v) is 6.96. The van der Waals surface area contributed by atoms with Crippen molar-refractivity contribution in [3.05, 3.63) is 35.9 Å². The van der Waals surface area contributed by atoms with Crippen LogP contribution in [0.2, 0.25) is 0 Å². The Morgan fingerprint density at radius 1 is 1.41 bits per heavy atom. The number of benzene rings is 1. The molecule has 2 rings (SSSR count). The smallest absolute Gasteiger partial charge is 0.345 e. The Kier molecular flexibility index (Phi) is 5.02. The molecule has 0 spiro atoms. The lowest BCUT2D eigenvalue weighted by atomic mass is 10.1. The van der Waals surface area contributed by atoms with Crippen molar-refractivity contribution in [1.29, 1.82) is 0 Å². The number of hydroxylamine groups is 2.